The summed E-state index contributed by atoms with van der Waals surface area (Å²) in [5.74, 6) is -0.310. The largest absolute Gasteiger partial charge is 0.453 e. The molecule has 132 valence electrons. The zero-order chi connectivity index (χ0) is 17.7. The predicted molar refractivity (Wildman–Crippen MR) is 92.4 cm³/mol. The van der Waals surface area contributed by atoms with Crippen LogP contribution in [0.5, 0.6) is 0 Å². The van der Waals surface area contributed by atoms with Crippen LogP contribution in [0.15, 0.2) is 0 Å². The van der Waals surface area contributed by atoms with Crippen LogP contribution in [0, 0.1) is 0 Å². The van der Waals surface area contributed by atoms with Crippen molar-refractivity contribution in [2.24, 2.45) is 0 Å². The van der Waals surface area contributed by atoms with Gasteiger partial charge in [0.05, 0.1) is 19.2 Å². The summed E-state index contributed by atoms with van der Waals surface area (Å²) in [6.45, 7) is 2.90. The molecule has 0 bridgehead atoms. The van der Waals surface area contributed by atoms with E-state index >= 15 is 0 Å². The second kappa shape index (κ2) is 8.14. The Labute approximate surface area is 145 Å². The van der Waals surface area contributed by atoms with E-state index in [-0.39, 0.29) is 17.9 Å². The van der Waals surface area contributed by atoms with Gasteiger partial charge in [-0.1, -0.05) is 13.3 Å². The van der Waals surface area contributed by atoms with Crippen LogP contribution < -0.4 is 10.6 Å². The molecule has 1 aliphatic heterocycles. The van der Waals surface area contributed by atoms with Crippen molar-refractivity contribution in [2.45, 2.75) is 39.2 Å². The van der Waals surface area contributed by atoms with Crippen LogP contribution in [-0.2, 0) is 22.5 Å². The van der Waals surface area contributed by atoms with Crippen LogP contribution >= 0.6 is 11.3 Å². The smallest absolute Gasteiger partial charge is 0.409 e. The molecule has 2 rings (SSSR count). The Morgan fingerprint density at radius 3 is 2.71 bits per heavy atom. The van der Waals surface area contributed by atoms with Gasteiger partial charge in [0.25, 0.3) is 5.91 Å². The minimum Gasteiger partial charge on any atom is -0.453 e. The number of nitrogens with zero attached hydrogens (tertiary/aromatic N) is 1. The summed E-state index contributed by atoms with van der Waals surface area (Å²) in [5.41, 5.74) is 1.43. The van der Waals surface area contributed by atoms with Crippen molar-refractivity contribution >= 4 is 34.2 Å². The van der Waals surface area contributed by atoms with Crippen molar-refractivity contribution in [1.82, 2.24) is 10.2 Å². The summed E-state index contributed by atoms with van der Waals surface area (Å²) in [4.78, 5) is 38.5. The monoisotopic (exact) mass is 353 g/mol. The van der Waals surface area contributed by atoms with Gasteiger partial charge in [-0.3, -0.25) is 9.59 Å². The molecule has 2 heterocycles. The highest BCUT2D eigenvalue weighted by Crippen LogP contribution is 2.37. The standard InChI is InChI=1S/C16H23N3O4S/c1-4-5-6-12(20)18-15-13(14(21)17-2)10-7-8-19(16(22)23-3)9-11(10)24-15/h4-9H2,1-3H3,(H,17,21)(H,18,20). The van der Waals surface area contributed by atoms with E-state index in [1.807, 2.05) is 6.92 Å². The number of hydrogen-bond donors (Lipinski definition) is 2. The van der Waals surface area contributed by atoms with Crippen molar-refractivity contribution in [1.29, 1.82) is 0 Å². The van der Waals surface area contributed by atoms with Crippen LogP contribution in [0.25, 0.3) is 0 Å². The Morgan fingerprint density at radius 1 is 1.33 bits per heavy atom. The zero-order valence-electron chi connectivity index (χ0n) is 14.2. The average Bonchev–Trinajstić information content (AvgIpc) is 2.95. The Morgan fingerprint density at radius 2 is 2.08 bits per heavy atom. The summed E-state index contributed by atoms with van der Waals surface area (Å²) < 4.78 is 4.76. The highest BCUT2D eigenvalue weighted by atomic mass is 32.1. The predicted octanol–water partition coefficient (Wildman–Crippen LogP) is 2.36. The fraction of sp³-hybridized carbons (Fsp3) is 0.562. The van der Waals surface area contributed by atoms with Gasteiger partial charge in [-0.25, -0.2) is 4.79 Å². The molecule has 24 heavy (non-hydrogen) atoms. The lowest BCUT2D eigenvalue weighted by molar-refractivity contribution is -0.116. The van der Waals surface area contributed by atoms with E-state index in [9.17, 15) is 14.4 Å². The van der Waals surface area contributed by atoms with Crippen LogP contribution in [0.3, 0.4) is 0 Å². The van der Waals surface area contributed by atoms with E-state index in [0.717, 1.165) is 23.3 Å². The number of carbonyl (C=O) groups excluding carboxylic acids is 3. The number of thiophene rings is 1. The van der Waals surface area contributed by atoms with Crippen molar-refractivity contribution in [3.05, 3.63) is 16.0 Å². The van der Waals surface area contributed by atoms with E-state index in [2.05, 4.69) is 10.6 Å². The second-order valence-corrected chi connectivity index (χ2v) is 6.69. The van der Waals surface area contributed by atoms with Gasteiger partial charge >= 0.3 is 6.09 Å². The highest BCUT2D eigenvalue weighted by molar-refractivity contribution is 7.17. The van der Waals surface area contributed by atoms with Gasteiger partial charge in [0, 0.05) is 24.9 Å². The Kier molecular flexibility index (Phi) is 6.19. The third-order valence-corrected chi connectivity index (χ3v) is 5.09. The topological polar surface area (TPSA) is 87.7 Å². The molecule has 8 heteroatoms. The number of anilines is 1. The fourth-order valence-electron chi connectivity index (χ4n) is 2.67. The van der Waals surface area contributed by atoms with Gasteiger partial charge in [0.2, 0.25) is 5.91 Å². The molecule has 0 unspecified atom stereocenters. The van der Waals surface area contributed by atoms with Gasteiger partial charge < -0.3 is 20.3 Å². The first-order chi connectivity index (χ1) is 11.5. The molecular formula is C16H23N3O4S. The van der Waals surface area contributed by atoms with Crippen molar-refractivity contribution in [3.8, 4) is 0 Å². The summed E-state index contributed by atoms with van der Waals surface area (Å²) in [6, 6.07) is 0. The molecule has 1 aliphatic rings. The molecule has 0 radical (unpaired) electrons. The van der Waals surface area contributed by atoms with Crippen molar-refractivity contribution < 1.29 is 19.1 Å². The fourth-order valence-corrected chi connectivity index (χ4v) is 3.95. The number of ether oxygens (including phenoxy) is 1. The number of fused-ring (bicyclic) bond motifs is 1. The van der Waals surface area contributed by atoms with E-state index in [1.54, 1.807) is 11.9 Å². The third-order valence-electron chi connectivity index (χ3n) is 3.95. The van der Waals surface area contributed by atoms with E-state index in [0.29, 0.717) is 36.5 Å². The Balaban J connectivity index is 2.28. The minimum absolute atomic E-state index is 0.0922. The van der Waals surface area contributed by atoms with Gasteiger partial charge in [0.1, 0.15) is 5.00 Å². The van der Waals surface area contributed by atoms with Crippen LogP contribution in [-0.4, -0.2) is 43.5 Å². The van der Waals surface area contributed by atoms with E-state index in [4.69, 9.17) is 4.74 Å². The van der Waals surface area contributed by atoms with E-state index < -0.39 is 0 Å². The number of methoxy groups -OCH3 is 1. The number of unbranched alkanes of at least 4 members (excludes halogenated alkanes) is 1. The molecule has 0 aliphatic carbocycles. The molecule has 0 atom stereocenters. The zero-order valence-corrected chi connectivity index (χ0v) is 15.0. The SMILES string of the molecule is CCCCC(=O)Nc1sc2c(c1C(=O)NC)CCN(C(=O)OC)C2. The second-order valence-electron chi connectivity index (χ2n) is 5.58. The van der Waals surface area contributed by atoms with E-state index in [1.165, 1.54) is 18.4 Å². The van der Waals surface area contributed by atoms with Crippen molar-refractivity contribution in [3.63, 3.8) is 0 Å². The third kappa shape index (κ3) is 3.87. The normalized spacial score (nSPS) is 13.2. The first-order valence-electron chi connectivity index (χ1n) is 8.01. The van der Waals surface area contributed by atoms with Crippen LogP contribution in [0.2, 0.25) is 0 Å². The molecule has 1 aromatic heterocycles. The molecule has 0 fully saturated rings. The van der Waals surface area contributed by atoms with Crippen LogP contribution in [0.1, 0.15) is 47.0 Å². The maximum atomic E-state index is 12.3. The molecule has 0 saturated heterocycles. The number of rotatable bonds is 5. The van der Waals surface area contributed by atoms with Gasteiger partial charge in [-0.2, -0.15) is 0 Å². The first-order valence-corrected chi connectivity index (χ1v) is 8.82. The number of amides is 3. The molecule has 2 N–H and O–H groups in total. The number of carbonyl (C=O) groups is 3. The summed E-state index contributed by atoms with van der Waals surface area (Å²) >= 11 is 1.36. The lowest BCUT2D eigenvalue weighted by Crippen LogP contribution is -2.35. The Bertz CT molecular complexity index is 642. The molecule has 0 spiro atoms. The maximum Gasteiger partial charge on any atom is 0.409 e. The molecule has 0 saturated carbocycles. The number of nitrogens with one attached hydrogen (secondary N) is 2. The highest BCUT2D eigenvalue weighted by Gasteiger charge is 2.30. The maximum absolute atomic E-state index is 12.3. The van der Waals surface area contributed by atoms with Gasteiger partial charge in [-0.05, 0) is 18.4 Å². The lowest BCUT2D eigenvalue weighted by atomic mass is 10.0. The average molecular weight is 353 g/mol. The molecular weight excluding hydrogens is 330 g/mol. The van der Waals surface area contributed by atoms with Gasteiger partial charge in [-0.15, -0.1) is 11.3 Å². The van der Waals surface area contributed by atoms with Crippen LogP contribution in [0.4, 0.5) is 9.80 Å². The summed E-state index contributed by atoms with van der Waals surface area (Å²) in [5, 5.41) is 6.05. The molecule has 1 aromatic rings. The Hall–Kier alpha value is -2.09. The molecule has 7 nitrogen and oxygen atoms in total. The quantitative estimate of drug-likeness (QED) is 0.851. The first kappa shape index (κ1) is 18.3. The molecule has 0 aromatic carbocycles. The minimum atomic E-state index is -0.385. The number of hydrogen-bond acceptors (Lipinski definition) is 5. The van der Waals surface area contributed by atoms with Crippen molar-refractivity contribution in [2.75, 3.05) is 26.0 Å². The summed E-state index contributed by atoms with van der Waals surface area (Å²) in [6.07, 6.45) is 2.35. The lowest BCUT2D eigenvalue weighted by Gasteiger charge is -2.25. The van der Waals surface area contributed by atoms with Gasteiger partial charge in [0.15, 0.2) is 0 Å². The summed E-state index contributed by atoms with van der Waals surface area (Å²) in [7, 11) is 2.92. The molecule has 3 amide bonds.